The Morgan fingerprint density at radius 3 is 2.28 bits per heavy atom. The van der Waals surface area contributed by atoms with Crippen LogP contribution in [0.15, 0.2) is 54.6 Å². The van der Waals surface area contributed by atoms with Gasteiger partial charge in [-0.1, -0.05) is 30.3 Å². The molecular formula is C17H15F3N2O3. The summed E-state index contributed by atoms with van der Waals surface area (Å²) in [5, 5.41) is 4.35. The summed E-state index contributed by atoms with van der Waals surface area (Å²) in [6.45, 7) is -2.07. The highest BCUT2D eigenvalue weighted by Gasteiger charge is 2.27. The summed E-state index contributed by atoms with van der Waals surface area (Å²) < 4.78 is 41.3. The Balaban J connectivity index is 1.98. The van der Waals surface area contributed by atoms with Crippen LogP contribution < -0.4 is 15.4 Å². The Morgan fingerprint density at radius 1 is 0.960 bits per heavy atom. The third-order valence-corrected chi connectivity index (χ3v) is 3.01. The molecule has 2 rings (SSSR count). The van der Waals surface area contributed by atoms with E-state index in [9.17, 15) is 22.8 Å². The first-order valence-electron chi connectivity index (χ1n) is 7.27. The maximum Gasteiger partial charge on any atom is 0.405 e. The molecule has 0 bridgehead atoms. The van der Waals surface area contributed by atoms with E-state index in [4.69, 9.17) is 4.74 Å². The fraction of sp³-hybridized carbons (Fsp3) is 0.176. The van der Waals surface area contributed by atoms with Gasteiger partial charge in [-0.15, -0.1) is 0 Å². The number of alkyl halides is 3. The molecule has 2 N–H and O–H groups in total. The highest BCUT2D eigenvalue weighted by molar-refractivity contribution is 6.06. The van der Waals surface area contributed by atoms with Crippen molar-refractivity contribution in [3.8, 4) is 5.75 Å². The number of carbonyl (C=O) groups is 2. The Hall–Kier alpha value is -3.03. The zero-order valence-electron chi connectivity index (χ0n) is 13.0. The molecule has 0 aliphatic carbocycles. The van der Waals surface area contributed by atoms with Gasteiger partial charge in [0.05, 0.1) is 5.56 Å². The molecule has 8 heteroatoms. The van der Waals surface area contributed by atoms with Gasteiger partial charge in [-0.3, -0.25) is 9.59 Å². The number of anilines is 1. The molecule has 0 saturated heterocycles. The fourth-order valence-electron chi connectivity index (χ4n) is 1.89. The molecule has 0 aliphatic rings. The van der Waals surface area contributed by atoms with Gasteiger partial charge >= 0.3 is 6.18 Å². The molecular weight excluding hydrogens is 337 g/mol. The van der Waals surface area contributed by atoms with Crippen molar-refractivity contribution in [3.05, 3.63) is 60.2 Å². The smallest absolute Gasteiger partial charge is 0.405 e. The van der Waals surface area contributed by atoms with Crippen molar-refractivity contribution in [2.24, 2.45) is 0 Å². The zero-order chi connectivity index (χ0) is 18.3. The van der Waals surface area contributed by atoms with Crippen molar-refractivity contribution >= 4 is 17.5 Å². The molecule has 0 atom stereocenters. The summed E-state index contributed by atoms with van der Waals surface area (Å²) in [7, 11) is 0. The lowest BCUT2D eigenvalue weighted by Gasteiger charge is -2.12. The van der Waals surface area contributed by atoms with Crippen molar-refractivity contribution in [2.45, 2.75) is 6.18 Å². The van der Waals surface area contributed by atoms with E-state index in [1.165, 1.54) is 12.1 Å². The summed E-state index contributed by atoms with van der Waals surface area (Å²) in [6, 6.07) is 14.8. The Labute approximate surface area is 141 Å². The molecule has 0 saturated carbocycles. The largest absolute Gasteiger partial charge is 0.483 e. The number of ether oxygens (including phenoxy) is 1. The van der Waals surface area contributed by atoms with Crippen LogP contribution in [0.2, 0.25) is 0 Å². The van der Waals surface area contributed by atoms with Gasteiger partial charge in [-0.05, 0) is 24.3 Å². The van der Waals surface area contributed by atoms with Crippen LogP contribution in [-0.4, -0.2) is 31.1 Å². The van der Waals surface area contributed by atoms with Crippen molar-refractivity contribution in [3.63, 3.8) is 0 Å². The van der Waals surface area contributed by atoms with Gasteiger partial charge in [0.1, 0.15) is 12.3 Å². The first-order valence-corrected chi connectivity index (χ1v) is 7.27. The van der Waals surface area contributed by atoms with Crippen LogP contribution in [0.3, 0.4) is 0 Å². The SMILES string of the molecule is O=C(COc1ccccc1C(=O)Nc1ccccc1)NCC(F)(F)F. The summed E-state index contributed by atoms with van der Waals surface area (Å²) in [6.07, 6.45) is -4.50. The number of halogens is 3. The molecule has 0 aliphatic heterocycles. The lowest BCUT2D eigenvalue weighted by Crippen LogP contribution is -2.36. The molecule has 0 radical (unpaired) electrons. The minimum atomic E-state index is -4.50. The molecule has 2 amide bonds. The van der Waals surface area contributed by atoms with Crippen LogP contribution in [0.4, 0.5) is 18.9 Å². The number of rotatable bonds is 6. The third kappa shape index (κ3) is 6.17. The second-order valence-corrected chi connectivity index (χ2v) is 5.00. The van der Waals surface area contributed by atoms with Crippen LogP contribution in [0.5, 0.6) is 5.75 Å². The number of para-hydroxylation sites is 2. The van der Waals surface area contributed by atoms with Crippen molar-refractivity contribution in [1.29, 1.82) is 0 Å². The van der Waals surface area contributed by atoms with Gasteiger partial charge in [0.25, 0.3) is 11.8 Å². The summed E-state index contributed by atoms with van der Waals surface area (Å²) in [4.78, 5) is 23.7. The first kappa shape index (κ1) is 18.3. The van der Waals surface area contributed by atoms with Gasteiger partial charge in [0.15, 0.2) is 6.61 Å². The van der Waals surface area contributed by atoms with Gasteiger partial charge < -0.3 is 15.4 Å². The first-order chi connectivity index (χ1) is 11.8. The second-order valence-electron chi connectivity index (χ2n) is 5.00. The summed E-state index contributed by atoms with van der Waals surface area (Å²) >= 11 is 0. The van der Waals surface area contributed by atoms with E-state index in [0.29, 0.717) is 5.69 Å². The minimum Gasteiger partial charge on any atom is -0.483 e. The Kier molecular flexibility index (Phi) is 5.99. The number of benzene rings is 2. The molecule has 0 fully saturated rings. The van der Waals surface area contributed by atoms with Crippen LogP contribution in [0.25, 0.3) is 0 Å². The van der Waals surface area contributed by atoms with E-state index in [0.717, 1.165) is 0 Å². The summed E-state index contributed by atoms with van der Waals surface area (Å²) in [5.74, 6) is -1.30. The predicted octanol–water partition coefficient (Wildman–Crippen LogP) is 3.00. The standard InChI is InChI=1S/C17H15F3N2O3/c18-17(19,20)11-21-15(23)10-25-14-9-5-4-8-13(14)16(24)22-12-6-2-1-3-7-12/h1-9H,10-11H2,(H,21,23)(H,22,24). The average molecular weight is 352 g/mol. The van der Waals surface area contributed by atoms with Crippen LogP contribution >= 0.6 is 0 Å². The lowest BCUT2D eigenvalue weighted by molar-refractivity contribution is -0.139. The van der Waals surface area contributed by atoms with E-state index in [1.54, 1.807) is 47.8 Å². The molecule has 0 spiro atoms. The topological polar surface area (TPSA) is 67.4 Å². The normalized spacial score (nSPS) is 10.8. The maximum absolute atomic E-state index is 12.3. The van der Waals surface area contributed by atoms with E-state index >= 15 is 0 Å². The van der Waals surface area contributed by atoms with Crippen molar-refractivity contribution in [2.75, 3.05) is 18.5 Å². The average Bonchev–Trinajstić information content (AvgIpc) is 2.58. The van der Waals surface area contributed by atoms with Gasteiger partial charge in [0.2, 0.25) is 0 Å². The monoisotopic (exact) mass is 352 g/mol. The number of nitrogens with one attached hydrogen (secondary N) is 2. The van der Waals surface area contributed by atoms with Crippen molar-refractivity contribution in [1.82, 2.24) is 5.32 Å². The molecule has 2 aromatic rings. The lowest BCUT2D eigenvalue weighted by atomic mass is 10.2. The molecule has 0 unspecified atom stereocenters. The van der Waals surface area contributed by atoms with Gasteiger partial charge in [-0.25, -0.2) is 0 Å². The fourth-order valence-corrected chi connectivity index (χ4v) is 1.89. The number of carbonyl (C=O) groups excluding carboxylic acids is 2. The van der Waals surface area contributed by atoms with E-state index in [-0.39, 0.29) is 11.3 Å². The molecule has 25 heavy (non-hydrogen) atoms. The molecule has 0 heterocycles. The number of amides is 2. The second kappa shape index (κ2) is 8.18. The zero-order valence-corrected chi connectivity index (χ0v) is 13.0. The predicted molar refractivity (Wildman–Crippen MR) is 85.4 cm³/mol. The molecule has 132 valence electrons. The van der Waals surface area contributed by atoms with Gasteiger partial charge in [-0.2, -0.15) is 13.2 Å². The Bertz CT molecular complexity index is 733. The van der Waals surface area contributed by atoms with Crippen LogP contribution in [0, 0.1) is 0 Å². The van der Waals surface area contributed by atoms with Crippen molar-refractivity contribution < 1.29 is 27.5 Å². The molecule has 5 nitrogen and oxygen atoms in total. The number of hydrogen-bond donors (Lipinski definition) is 2. The summed E-state index contributed by atoms with van der Waals surface area (Å²) in [5.41, 5.74) is 0.736. The minimum absolute atomic E-state index is 0.0955. The molecule has 2 aromatic carbocycles. The highest BCUT2D eigenvalue weighted by Crippen LogP contribution is 2.20. The Morgan fingerprint density at radius 2 is 1.60 bits per heavy atom. The van der Waals surface area contributed by atoms with Crippen LogP contribution in [0.1, 0.15) is 10.4 Å². The quantitative estimate of drug-likeness (QED) is 0.840. The van der Waals surface area contributed by atoms with Crippen LogP contribution in [-0.2, 0) is 4.79 Å². The number of hydrogen-bond acceptors (Lipinski definition) is 3. The van der Waals surface area contributed by atoms with Gasteiger partial charge in [0, 0.05) is 5.69 Å². The maximum atomic E-state index is 12.3. The van der Waals surface area contributed by atoms with E-state index in [1.807, 2.05) is 0 Å². The van der Waals surface area contributed by atoms with E-state index < -0.39 is 31.1 Å². The third-order valence-electron chi connectivity index (χ3n) is 3.01. The molecule has 0 aromatic heterocycles. The highest BCUT2D eigenvalue weighted by atomic mass is 19.4. The van der Waals surface area contributed by atoms with E-state index in [2.05, 4.69) is 5.32 Å².